The molecule has 0 aliphatic rings. The first-order valence-corrected chi connectivity index (χ1v) is 7.62. The molecular formula is C18H20N4O3. The number of hydrogen-bond donors (Lipinski definition) is 2. The minimum Gasteiger partial charge on any atom is -0.444 e. The molecule has 0 aliphatic carbocycles. The van der Waals surface area contributed by atoms with E-state index in [9.17, 15) is 4.79 Å². The normalized spacial score (nSPS) is 11.4. The van der Waals surface area contributed by atoms with Crippen molar-refractivity contribution in [3.05, 3.63) is 65.7 Å². The summed E-state index contributed by atoms with van der Waals surface area (Å²) in [6.45, 7) is 0.159. The smallest absolute Gasteiger partial charge is 0.421 e. The Hall–Kier alpha value is -3.35. The number of hydrogen-bond acceptors (Lipinski definition) is 5. The minimum absolute atomic E-state index is 0.159. The van der Waals surface area contributed by atoms with Crippen molar-refractivity contribution in [2.75, 3.05) is 19.0 Å². The van der Waals surface area contributed by atoms with Crippen molar-refractivity contribution in [2.45, 2.75) is 6.61 Å². The van der Waals surface area contributed by atoms with E-state index in [0.29, 0.717) is 17.2 Å². The van der Waals surface area contributed by atoms with Crippen LogP contribution >= 0.6 is 0 Å². The molecule has 2 aromatic carbocycles. The SMILES string of the molecule is CN=C(NC)N(C(=O)OCc1ccccc1)c1ccc(C=NO)cc1. The van der Waals surface area contributed by atoms with Crippen molar-refractivity contribution >= 4 is 24.0 Å². The van der Waals surface area contributed by atoms with Crippen LogP contribution in [0.5, 0.6) is 0 Å². The first-order chi connectivity index (χ1) is 12.2. The quantitative estimate of drug-likeness (QED) is 0.388. The van der Waals surface area contributed by atoms with Gasteiger partial charge in [0.05, 0.1) is 11.9 Å². The van der Waals surface area contributed by atoms with E-state index >= 15 is 0 Å². The highest BCUT2D eigenvalue weighted by Crippen LogP contribution is 2.17. The fraction of sp³-hybridized carbons (Fsp3) is 0.167. The lowest BCUT2D eigenvalue weighted by molar-refractivity contribution is 0.150. The second kappa shape index (κ2) is 9.07. The highest BCUT2D eigenvalue weighted by molar-refractivity contribution is 6.13. The van der Waals surface area contributed by atoms with Gasteiger partial charge < -0.3 is 15.3 Å². The van der Waals surface area contributed by atoms with E-state index in [1.165, 1.54) is 11.1 Å². The Morgan fingerprint density at radius 3 is 2.44 bits per heavy atom. The summed E-state index contributed by atoms with van der Waals surface area (Å²) in [5, 5.41) is 14.4. The van der Waals surface area contributed by atoms with Gasteiger partial charge in [0.1, 0.15) is 6.61 Å². The summed E-state index contributed by atoms with van der Waals surface area (Å²) in [5.41, 5.74) is 2.16. The van der Waals surface area contributed by atoms with Crippen molar-refractivity contribution in [3.8, 4) is 0 Å². The molecule has 7 nitrogen and oxygen atoms in total. The summed E-state index contributed by atoms with van der Waals surface area (Å²) in [7, 11) is 3.25. The maximum Gasteiger partial charge on any atom is 0.421 e. The number of guanidine groups is 1. The Bertz CT molecular complexity index is 743. The topological polar surface area (TPSA) is 86.5 Å². The molecular weight excluding hydrogens is 320 g/mol. The van der Waals surface area contributed by atoms with Crippen molar-refractivity contribution in [1.29, 1.82) is 0 Å². The second-order valence-corrected chi connectivity index (χ2v) is 5.01. The number of carbonyl (C=O) groups excluding carboxylic acids is 1. The van der Waals surface area contributed by atoms with E-state index in [-0.39, 0.29) is 6.61 Å². The molecule has 2 N–H and O–H groups in total. The molecule has 2 aromatic rings. The van der Waals surface area contributed by atoms with Gasteiger partial charge in [0.15, 0.2) is 0 Å². The molecule has 0 bridgehead atoms. The Balaban J connectivity index is 2.21. The Morgan fingerprint density at radius 2 is 1.88 bits per heavy atom. The second-order valence-electron chi connectivity index (χ2n) is 5.01. The molecule has 0 aromatic heterocycles. The van der Waals surface area contributed by atoms with Crippen LogP contribution in [0.2, 0.25) is 0 Å². The number of rotatable bonds is 4. The van der Waals surface area contributed by atoms with Crippen LogP contribution in [0.1, 0.15) is 11.1 Å². The van der Waals surface area contributed by atoms with Gasteiger partial charge in [-0.3, -0.25) is 4.99 Å². The van der Waals surface area contributed by atoms with Gasteiger partial charge in [0, 0.05) is 14.1 Å². The van der Waals surface area contributed by atoms with Crippen LogP contribution in [-0.4, -0.2) is 37.6 Å². The average molecular weight is 340 g/mol. The van der Waals surface area contributed by atoms with Gasteiger partial charge in [-0.2, -0.15) is 0 Å². The summed E-state index contributed by atoms with van der Waals surface area (Å²) >= 11 is 0. The van der Waals surface area contributed by atoms with Gasteiger partial charge >= 0.3 is 6.09 Å². The lowest BCUT2D eigenvalue weighted by Crippen LogP contribution is -2.44. The zero-order valence-electron chi connectivity index (χ0n) is 14.1. The van der Waals surface area contributed by atoms with Gasteiger partial charge in [0.25, 0.3) is 0 Å². The van der Waals surface area contributed by atoms with E-state index in [1.807, 2.05) is 30.3 Å². The summed E-state index contributed by atoms with van der Waals surface area (Å²) in [6, 6.07) is 16.3. The molecule has 7 heteroatoms. The molecule has 0 aliphatic heterocycles. The average Bonchev–Trinajstić information content (AvgIpc) is 2.66. The van der Waals surface area contributed by atoms with Crippen molar-refractivity contribution in [2.24, 2.45) is 10.1 Å². The van der Waals surface area contributed by atoms with Gasteiger partial charge in [-0.05, 0) is 23.3 Å². The number of nitrogens with zero attached hydrogens (tertiary/aromatic N) is 3. The zero-order chi connectivity index (χ0) is 18.1. The van der Waals surface area contributed by atoms with Crippen LogP contribution in [0.3, 0.4) is 0 Å². The van der Waals surface area contributed by atoms with Crippen LogP contribution in [-0.2, 0) is 11.3 Å². The fourth-order valence-corrected chi connectivity index (χ4v) is 2.20. The minimum atomic E-state index is -0.553. The molecule has 2 rings (SSSR count). The van der Waals surface area contributed by atoms with Gasteiger partial charge in [-0.1, -0.05) is 47.6 Å². The van der Waals surface area contributed by atoms with E-state index < -0.39 is 6.09 Å². The van der Waals surface area contributed by atoms with Crippen LogP contribution in [0.15, 0.2) is 64.7 Å². The first-order valence-electron chi connectivity index (χ1n) is 7.62. The Labute approximate surface area is 146 Å². The summed E-state index contributed by atoms with van der Waals surface area (Å²) < 4.78 is 5.41. The number of benzene rings is 2. The van der Waals surface area contributed by atoms with Crippen molar-refractivity contribution < 1.29 is 14.7 Å². The third kappa shape index (κ3) is 4.81. The number of aliphatic imine (C=N–C) groups is 1. The number of anilines is 1. The van der Waals surface area contributed by atoms with E-state index in [1.54, 1.807) is 38.4 Å². The maximum atomic E-state index is 12.6. The van der Waals surface area contributed by atoms with E-state index in [4.69, 9.17) is 9.94 Å². The predicted octanol–water partition coefficient (Wildman–Crippen LogP) is 2.84. The molecule has 0 atom stereocenters. The van der Waals surface area contributed by atoms with Crippen molar-refractivity contribution in [3.63, 3.8) is 0 Å². The number of carbonyl (C=O) groups is 1. The molecule has 130 valence electrons. The number of amides is 1. The molecule has 0 radical (unpaired) electrons. The number of oxime groups is 1. The first kappa shape index (κ1) is 18.0. The predicted molar refractivity (Wildman–Crippen MR) is 97.3 cm³/mol. The van der Waals surface area contributed by atoms with Crippen LogP contribution in [0.25, 0.3) is 0 Å². The van der Waals surface area contributed by atoms with Gasteiger partial charge in [-0.15, -0.1) is 0 Å². The monoisotopic (exact) mass is 340 g/mol. The van der Waals surface area contributed by atoms with E-state index in [0.717, 1.165) is 5.56 Å². The van der Waals surface area contributed by atoms with Crippen LogP contribution in [0.4, 0.5) is 10.5 Å². The number of nitrogens with one attached hydrogen (secondary N) is 1. The maximum absolute atomic E-state index is 12.6. The lowest BCUT2D eigenvalue weighted by Gasteiger charge is -2.23. The molecule has 0 spiro atoms. The molecule has 25 heavy (non-hydrogen) atoms. The van der Waals surface area contributed by atoms with E-state index in [2.05, 4.69) is 15.5 Å². The van der Waals surface area contributed by atoms with Gasteiger partial charge in [0.2, 0.25) is 5.96 Å². The highest BCUT2D eigenvalue weighted by atomic mass is 16.6. The number of ether oxygens (including phenoxy) is 1. The summed E-state index contributed by atoms with van der Waals surface area (Å²) in [4.78, 5) is 18.0. The fourth-order valence-electron chi connectivity index (χ4n) is 2.20. The third-order valence-electron chi connectivity index (χ3n) is 3.39. The highest BCUT2D eigenvalue weighted by Gasteiger charge is 2.22. The van der Waals surface area contributed by atoms with Crippen LogP contribution < -0.4 is 10.2 Å². The summed E-state index contributed by atoms with van der Waals surface area (Å²) in [6.07, 6.45) is 0.747. The third-order valence-corrected chi connectivity index (χ3v) is 3.39. The largest absolute Gasteiger partial charge is 0.444 e. The van der Waals surface area contributed by atoms with Gasteiger partial charge in [-0.25, -0.2) is 9.69 Å². The zero-order valence-corrected chi connectivity index (χ0v) is 14.1. The lowest BCUT2D eigenvalue weighted by atomic mass is 10.2. The van der Waals surface area contributed by atoms with Crippen LogP contribution in [0, 0.1) is 0 Å². The molecule has 0 saturated heterocycles. The van der Waals surface area contributed by atoms with Crippen molar-refractivity contribution in [1.82, 2.24) is 5.32 Å². The molecule has 0 heterocycles. The molecule has 0 fully saturated rings. The Morgan fingerprint density at radius 1 is 1.20 bits per heavy atom. The molecule has 1 amide bonds. The Kier molecular flexibility index (Phi) is 6.53. The molecule has 0 unspecified atom stereocenters. The molecule has 0 saturated carbocycles. The summed E-state index contributed by atoms with van der Waals surface area (Å²) in [5.74, 6) is 0.349. The standard InChI is InChI=1S/C18H20N4O3/c1-19-17(20-2)22(16-10-8-14(9-11-16)12-21-24)18(23)25-13-15-6-4-3-5-7-15/h3-12,24H,13H2,1-2H3,(H,19,20).